The molecule has 2 heterocycles. The van der Waals surface area contributed by atoms with Gasteiger partial charge in [-0.05, 0) is 24.3 Å². The summed E-state index contributed by atoms with van der Waals surface area (Å²) in [6.45, 7) is 1.31. The van der Waals surface area contributed by atoms with Crippen LogP contribution in [-0.4, -0.2) is 50.0 Å². The minimum atomic E-state index is -4.57. The molecule has 2 amide bonds. The van der Waals surface area contributed by atoms with Crippen molar-refractivity contribution in [2.24, 2.45) is 4.99 Å². The van der Waals surface area contributed by atoms with E-state index in [1.807, 2.05) is 42.5 Å². The summed E-state index contributed by atoms with van der Waals surface area (Å²) in [4.78, 5) is 32.8. The second-order valence-corrected chi connectivity index (χ2v) is 8.58. The highest BCUT2D eigenvalue weighted by Gasteiger charge is 2.34. The molecule has 0 bridgehead atoms. The molecule has 1 fully saturated rings. The van der Waals surface area contributed by atoms with Gasteiger partial charge in [-0.25, -0.2) is 4.99 Å². The Kier molecular flexibility index (Phi) is 6.66. The van der Waals surface area contributed by atoms with Crippen LogP contribution >= 0.6 is 0 Å². The van der Waals surface area contributed by atoms with Gasteiger partial charge in [0.15, 0.2) is 0 Å². The number of rotatable bonds is 4. The molecule has 190 valence electrons. The third-order valence-electron chi connectivity index (χ3n) is 6.18. The number of hydrogen-bond acceptors (Lipinski definition) is 5. The van der Waals surface area contributed by atoms with E-state index in [9.17, 15) is 22.8 Å². The molecule has 0 aliphatic carbocycles. The van der Waals surface area contributed by atoms with Crippen molar-refractivity contribution in [1.29, 1.82) is 0 Å². The lowest BCUT2D eigenvalue weighted by molar-refractivity contribution is -0.137. The van der Waals surface area contributed by atoms with Crippen LogP contribution in [0.4, 0.5) is 24.5 Å². The molecular formula is C27H23F3N4O3. The Morgan fingerprint density at radius 2 is 1.70 bits per heavy atom. The number of alkyl halides is 3. The summed E-state index contributed by atoms with van der Waals surface area (Å²) in [5.41, 5.74) is 1.74. The number of hydrogen-bond donors (Lipinski definition) is 2. The van der Waals surface area contributed by atoms with E-state index in [-0.39, 0.29) is 11.3 Å². The van der Waals surface area contributed by atoms with Gasteiger partial charge in [-0.1, -0.05) is 48.5 Å². The number of benzene rings is 3. The summed E-state index contributed by atoms with van der Waals surface area (Å²) in [6, 6.07) is 19.3. The van der Waals surface area contributed by atoms with Crippen LogP contribution in [0.1, 0.15) is 27.0 Å². The van der Waals surface area contributed by atoms with Crippen molar-refractivity contribution in [3.8, 4) is 0 Å². The van der Waals surface area contributed by atoms with Crippen LogP contribution in [0.15, 0.2) is 77.8 Å². The number of carbonyl (C=O) groups excluding carboxylic acids is 2. The maximum Gasteiger partial charge on any atom is 0.416 e. The molecule has 3 aromatic rings. The monoisotopic (exact) mass is 508 g/mol. The number of aliphatic imine (C=N–C) groups is 1. The van der Waals surface area contributed by atoms with Crippen molar-refractivity contribution in [3.63, 3.8) is 0 Å². The SMILES string of the molecule is O=C(NC1N=C(c2ccccc2)c2ccccc2NC1=O)c1ccc(C(F)(F)F)cc1N1CCOCC1. The summed E-state index contributed by atoms with van der Waals surface area (Å²) in [5.74, 6) is -1.27. The molecule has 0 aromatic heterocycles. The Balaban J connectivity index is 1.52. The number of morpholine rings is 1. The third-order valence-corrected chi connectivity index (χ3v) is 6.18. The van der Waals surface area contributed by atoms with Crippen molar-refractivity contribution in [1.82, 2.24) is 5.32 Å². The topological polar surface area (TPSA) is 83.0 Å². The van der Waals surface area contributed by atoms with Gasteiger partial charge >= 0.3 is 6.18 Å². The van der Waals surface area contributed by atoms with Crippen molar-refractivity contribution in [2.45, 2.75) is 12.3 Å². The standard InChI is InChI=1S/C27H23F3N4O3/c28-27(29,30)18-10-11-20(22(16-18)34-12-14-37-15-13-34)25(35)33-24-26(36)31-21-9-5-4-8-19(21)23(32-24)17-6-2-1-3-7-17/h1-11,16,24H,12-15H2,(H,31,36)(H,33,35). The number of nitrogens with zero attached hydrogens (tertiary/aromatic N) is 2. The van der Waals surface area contributed by atoms with E-state index in [0.717, 1.165) is 23.8 Å². The number of halogens is 3. The Labute approximate surface area is 211 Å². The van der Waals surface area contributed by atoms with Gasteiger partial charge < -0.3 is 20.3 Å². The number of anilines is 2. The second-order valence-electron chi connectivity index (χ2n) is 8.58. The van der Waals surface area contributed by atoms with E-state index >= 15 is 0 Å². The first-order valence-corrected chi connectivity index (χ1v) is 11.7. The van der Waals surface area contributed by atoms with E-state index in [1.54, 1.807) is 17.0 Å². The number of amides is 2. The average Bonchev–Trinajstić information content (AvgIpc) is 3.05. The van der Waals surface area contributed by atoms with Gasteiger partial charge in [0.25, 0.3) is 11.8 Å². The fourth-order valence-corrected chi connectivity index (χ4v) is 4.35. The molecule has 0 spiro atoms. The first-order chi connectivity index (χ1) is 17.8. The number of benzodiazepines with no additional fused rings is 1. The molecule has 10 heteroatoms. The number of carbonyl (C=O) groups is 2. The molecule has 2 N–H and O–H groups in total. The van der Waals surface area contributed by atoms with E-state index in [4.69, 9.17) is 4.74 Å². The average molecular weight is 509 g/mol. The predicted molar refractivity (Wildman–Crippen MR) is 133 cm³/mol. The highest BCUT2D eigenvalue weighted by atomic mass is 19.4. The van der Waals surface area contributed by atoms with Crippen LogP contribution in [0.2, 0.25) is 0 Å². The molecule has 0 radical (unpaired) electrons. The van der Waals surface area contributed by atoms with Crippen LogP contribution < -0.4 is 15.5 Å². The summed E-state index contributed by atoms with van der Waals surface area (Å²) in [5, 5.41) is 5.41. The molecule has 1 saturated heterocycles. The van der Waals surface area contributed by atoms with Crippen LogP contribution in [0.25, 0.3) is 0 Å². The van der Waals surface area contributed by atoms with E-state index in [1.165, 1.54) is 0 Å². The van der Waals surface area contributed by atoms with E-state index in [0.29, 0.717) is 43.3 Å². The Morgan fingerprint density at radius 3 is 2.43 bits per heavy atom. The van der Waals surface area contributed by atoms with Crippen LogP contribution in [-0.2, 0) is 15.7 Å². The number of para-hydroxylation sites is 1. The van der Waals surface area contributed by atoms with Crippen molar-refractivity contribution in [3.05, 3.63) is 95.1 Å². The Bertz CT molecular complexity index is 1350. The quantitative estimate of drug-likeness (QED) is 0.556. The van der Waals surface area contributed by atoms with Gasteiger partial charge in [-0.2, -0.15) is 13.2 Å². The molecule has 37 heavy (non-hydrogen) atoms. The van der Waals surface area contributed by atoms with Gasteiger partial charge in [0.05, 0.1) is 41.4 Å². The molecule has 1 atom stereocenters. The van der Waals surface area contributed by atoms with Crippen LogP contribution in [0, 0.1) is 0 Å². The minimum Gasteiger partial charge on any atom is -0.378 e. The predicted octanol–water partition coefficient (Wildman–Crippen LogP) is 4.09. The maximum atomic E-state index is 13.5. The molecule has 1 unspecified atom stereocenters. The lowest BCUT2D eigenvalue weighted by Gasteiger charge is -2.31. The molecule has 2 aliphatic rings. The Morgan fingerprint density at radius 1 is 1.00 bits per heavy atom. The Hall–Kier alpha value is -4.18. The smallest absolute Gasteiger partial charge is 0.378 e. The van der Waals surface area contributed by atoms with Crippen LogP contribution in [0.5, 0.6) is 0 Å². The van der Waals surface area contributed by atoms with Gasteiger partial charge in [0.2, 0.25) is 6.17 Å². The fourth-order valence-electron chi connectivity index (χ4n) is 4.35. The first kappa shape index (κ1) is 24.5. The molecule has 3 aromatic carbocycles. The van der Waals surface area contributed by atoms with Gasteiger partial charge in [0, 0.05) is 24.2 Å². The zero-order valence-corrected chi connectivity index (χ0v) is 19.6. The molecule has 0 saturated carbocycles. The minimum absolute atomic E-state index is 0.0147. The molecule has 5 rings (SSSR count). The number of nitrogens with one attached hydrogen (secondary N) is 2. The zero-order valence-electron chi connectivity index (χ0n) is 19.6. The largest absolute Gasteiger partial charge is 0.416 e. The lowest BCUT2D eigenvalue weighted by atomic mass is 10.0. The summed E-state index contributed by atoms with van der Waals surface area (Å²) in [7, 11) is 0. The summed E-state index contributed by atoms with van der Waals surface area (Å²) >= 11 is 0. The summed E-state index contributed by atoms with van der Waals surface area (Å²) in [6.07, 6.45) is -5.88. The van der Waals surface area contributed by atoms with Crippen LogP contribution in [0.3, 0.4) is 0 Å². The molecule has 2 aliphatic heterocycles. The molecule has 7 nitrogen and oxygen atoms in total. The normalized spacial score (nSPS) is 17.8. The molecular weight excluding hydrogens is 485 g/mol. The highest BCUT2D eigenvalue weighted by Crippen LogP contribution is 2.34. The zero-order chi connectivity index (χ0) is 26.0. The van der Waals surface area contributed by atoms with E-state index in [2.05, 4.69) is 15.6 Å². The summed E-state index contributed by atoms with van der Waals surface area (Å²) < 4.78 is 45.7. The van der Waals surface area contributed by atoms with Crippen molar-refractivity contribution >= 4 is 28.9 Å². The fraction of sp³-hybridized carbons (Fsp3) is 0.222. The van der Waals surface area contributed by atoms with Gasteiger partial charge in [-0.15, -0.1) is 0 Å². The second kappa shape index (κ2) is 10.1. The van der Waals surface area contributed by atoms with Gasteiger partial charge in [0.1, 0.15) is 0 Å². The first-order valence-electron chi connectivity index (χ1n) is 11.7. The van der Waals surface area contributed by atoms with Crippen molar-refractivity contribution in [2.75, 3.05) is 36.5 Å². The number of fused-ring (bicyclic) bond motifs is 1. The van der Waals surface area contributed by atoms with E-state index < -0.39 is 29.7 Å². The number of ether oxygens (including phenoxy) is 1. The lowest BCUT2D eigenvalue weighted by Crippen LogP contribution is -2.43. The highest BCUT2D eigenvalue weighted by molar-refractivity contribution is 6.20. The maximum absolute atomic E-state index is 13.5. The third kappa shape index (κ3) is 5.19. The van der Waals surface area contributed by atoms with Gasteiger partial charge in [-0.3, -0.25) is 9.59 Å². The van der Waals surface area contributed by atoms with Crippen molar-refractivity contribution < 1.29 is 27.5 Å².